The average Bonchev–Trinajstić information content (AvgIpc) is 2.20. The van der Waals surface area contributed by atoms with E-state index in [1.165, 1.54) is 7.11 Å². The molecule has 1 N–H and O–H groups in total. The maximum absolute atomic E-state index is 11.7. The van der Waals surface area contributed by atoms with Gasteiger partial charge in [0.05, 0.1) is 6.10 Å². The Morgan fingerprint density at radius 3 is 2.79 bits per heavy atom. The van der Waals surface area contributed by atoms with E-state index in [0.717, 1.165) is 13.0 Å². The molecule has 0 aromatic rings. The van der Waals surface area contributed by atoms with E-state index in [9.17, 15) is 9.90 Å². The molecule has 1 heterocycles. The number of aliphatic hydroxyl groups is 1. The summed E-state index contributed by atoms with van der Waals surface area (Å²) in [5.41, 5.74) is 0. The number of carbonyl (C=O) groups excluding carboxylic acids is 1. The topological polar surface area (TPSA) is 49.8 Å². The molecular weight excluding hydrogens is 182 g/mol. The van der Waals surface area contributed by atoms with Gasteiger partial charge in [-0.2, -0.15) is 0 Å². The van der Waals surface area contributed by atoms with Gasteiger partial charge in [-0.05, 0) is 19.3 Å². The first-order valence-corrected chi connectivity index (χ1v) is 5.06. The van der Waals surface area contributed by atoms with Crippen molar-refractivity contribution in [2.45, 2.75) is 32.5 Å². The lowest BCUT2D eigenvalue weighted by atomic mass is 9.96. The Kier molecular flexibility index (Phi) is 3.89. The van der Waals surface area contributed by atoms with Gasteiger partial charge in [-0.25, -0.2) is 0 Å². The number of β-amino-alcohol motifs (C(OH)–C–C–N with tert-alkyl or cyclic N) is 1. The summed E-state index contributed by atoms with van der Waals surface area (Å²) in [7, 11) is 1.52. The number of ether oxygens (including phenoxy) is 1. The third kappa shape index (κ3) is 2.45. The summed E-state index contributed by atoms with van der Waals surface area (Å²) in [4.78, 5) is 13.4. The standard InChI is InChI=1S/C10H19NO3/c1-7-4-5-11(6-9(7)12)10(13)8(2)14-3/h7-9,12H,4-6H2,1-3H3. The van der Waals surface area contributed by atoms with Crippen LogP contribution in [0.15, 0.2) is 0 Å². The SMILES string of the molecule is COC(C)C(=O)N1CCC(C)C(O)C1. The summed E-state index contributed by atoms with van der Waals surface area (Å²) >= 11 is 0. The number of piperidine rings is 1. The molecule has 0 bridgehead atoms. The molecule has 1 amide bonds. The maximum atomic E-state index is 11.7. The second-order valence-corrected chi connectivity index (χ2v) is 4.00. The number of aliphatic hydroxyl groups excluding tert-OH is 1. The molecule has 1 aliphatic rings. The van der Waals surface area contributed by atoms with Crippen molar-refractivity contribution in [1.82, 2.24) is 4.90 Å². The fourth-order valence-electron chi connectivity index (χ4n) is 1.61. The number of nitrogens with zero attached hydrogens (tertiary/aromatic N) is 1. The number of rotatable bonds is 2. The van der Waals surface area contributed by atoms with Crippen LogP contribution in [0.5, 0.6) is 0 Å². The Labute approximate surface area is 84.8 Å². The molecule has 1 rings (SSSR count). The van der Waals surface area contributed by atoms with Gasteiger partial charge in [-0.3, -0.25) is 4.79 Å². The van der Waals surface area contributed by atoms with Crippen LogP contribution in [-0.4, -0.2) is 48.3 Å². The van der Waals surface area contributed by atoms with Crippen LogP contribution in [0.3, 0.4) is 0 Å². The molecule has 1 saturated heterocycles. The molecule has 3 unspecified atom stereocenters. The summed E-state index contributed by atoms with van der Waals surface area (Å²) in [6, 6.07) is 0. The van der Waals surface area contributed by atoms with Gasteiger partial charge in [-0.15, -0.1) is 0 Å². The second-order valence-electron chi connectivity index (χ2n) is 4.00. The van der Waals surface area contributed by atoms with Crippen LogP contribution in [0.4, 0.5) is 0 Å². The molecule has 82 valence electrons. The normalized spacial score (nSPS) is 30.1. The van der Waals surface area contributed by atoms with E-state index in [1.807, 2.05) is 6.92 Å². The minimum Gasteiger partial charge on any atom is -0.391 e. The van der Waals surface area contributed by atoms with E-state index in [2.05, 4.69) is 0 Å². The van der Waals surface area contributed by atoms with Crippen molar-refractivity contribution in [2.24, 2.45) is 5.92 Å². The van der Waals surface area contributed by atoms with Crippen LogP contribution in [0.2, 0.25) is 0 Å². The predicted octanol–water partition coefficient (Wildman–Crippen LogP) is 0.251. The zero-order valence-corrected chi connectivity index (χ0v) is 9.06. The van der Waals surface area contributed by atoms with Crippen molar-refractivity contribution < 1.29 is 14.6 Å². The van der Waals surface area contributed by atoms with Gasteiger partial charge in [0.15, 0.2) is 0 Å². The number of carbonyl (C=O) groups is 1. The van der Waals surface area contributed by atoms with Crippen molar-refractivity contribution in [3.8, 4) is 0 Å². The van der Waals surface area contributed by atoms with Crippen molar-refractivity contribution in [3.05, 3.63) is 0 Å². The summed E-state index contributed by atoms with van der Waals surface area (Å²) in [6.07, 6.45) is 0.0657. The number of methoxy groups -OCH3 is 1. The first kappa shape index (κ1) is 11.5. The third-order valence-electron chi connectivity index (χ3n) is 2.93. The van der Waals surface area contributed by atoms with E-state index in [0.29, 0.717) is 6.54 Å². The second kappa shape index (κ2) is 4.75. The van der Waals surface area contributed by atoms with Gasteiger partial charge < -0.3 is 14.7 Å². The molecular formula is C10H19NO3. The predicted molar refractivity (Wildman–Crippen MR) is 52.8 cm³/mol. The lowest BCUT2D eigenvalue weighted by Gasteiger charge is -2.35. The Morgan fingerprint density at radius 2 is 2.29 bits per heavy atom. The molecule has 3 atom stereocenters. The highest BCUT2D eigenvalue weighted by Gasteiger charge is 2.29. The quantitative estimate of drug-likeness (QED) is 0.696. The zero-order chi connectivity index (χ0) is 10.7. The van der Waals surface area contributed by atoms with E-state index in [-0.39, 0.29) is 11.8 Å². The van der Waals surface area contributed by atoms with E-state index >= 15 is 0 Å². The van der Waals surface area contributed by atoms with Gasteiger partial charge in [0.1, 0.15) is 6.10 Å². The van der Waals surface area contributed by atoms with Crippen molar-refractivity contribution in [2.75, 3.05) is 20.2 Å². The molecule has 1 aliphatic heterocycles. The van der Waals surface area contributed by atoms with E-state index in [1.54, 1.807) is 11.8 Å². The van der Waals surface area contributed by atoms with Crippen LogP contribution in [0.25, 0.3) is 0 Å². The highest BCUT2D eigenvalue weighted by Crippen LogP contribution is 2.17. The lowest BCUT2D eigenvalue weighted by molar-refractivity contribution is -0.145. The van der Waals surface area contributed by atoms with E-state index < -0.39 is 12.2 Å². The Hall–Kier alpha value is -0.610. The fourth-order valence-corrected chi connectivity index (χ4v) is 1.61. The number of hydrogen-bond donors (Lipinski definition) is 1. The molecule has 0 saturated carbocycles. The molecule has 0 radical (unpaired) electrons. The smallest absolute Gasteiger partial charge is 0.251 e. The molecule has 0 spiro atoms. The monoisotopic (exact) mass is 201 g/mol. The third-order valence-corrected chi connectivity index (χ3v) is 2.93. The van der Waals surface area contributed by atoms with Gasteiger partial charge >= 0.3 is 0 Å². The van der Waals surface area contributed by atoms with Crippen molar-refractivity contribution in [1.29, 1.82) is 0 Å². The highest BCUT2D eigenvalue weighted by molar-refractivity contribution is 5.80. The lowest BCUT2D eigenvalue weighted by Crippen LogP contribution is -2.49. The summed E-state index contributed by atoms with van der Waals surface area (Å²) in [5.74, 6) is 0.260. The molecule has 0 aliphatic carbocycles. The molecule has 1 fully saturated rings. The minimum absolute atomic E-state index is 0.0292. The summed E-state index contributed by atoms with van der Waals surface area (Å²) < 4.78 is 4.95. The van der Waals surface area contributed by atoms with Crippen LogP contribution in [-0.2, 0) is 9.53 Å². The van der Waals surface area contributed by atoms with Crippen molar-refractivity contribution >= 4 is 5.91 Å². The van der Waals surface area contributed by atoms with Crippen LogP contribution in [0, 0.1) is 5.92 Å². The van der Waals surface area contributed by atoms with Crippen LogP contribution in [0.1, 0.15) is 20.3 Å². The van der Waals surface area contributed by atoms with Gasteiger partial charge in [-0.1, -0.05) is 6.92 Å². The fraction of sp³-hybridized carbons (Fsp3) is 0.900. The van der Waals surface area contributed by atoms with Gasteiger partial charge in [0.25, 0.3) is 5.91 Å². The number of amides is 1. The number of hydrogen-bond acceptors (Lipinski definition) is 3. The van der Waals surface area contributed by atoms with E-state index in [4.69, 9.17) is 4.74 Å². The maximum Gasteiger partial charge on any atom is 0.251 e. The number of likely N-dealkylation sites (tertiary alicyclic amines) is 1. The molecule has 4 heteroatoms. The first-order chi connectivity index (χ1) is 6.56. The first-order valence-electron chi connectivity index (χ1n) is 5.06. The molecule has 4 nitrogen and oxygen atoms in total. The van der Waals surface area contributed by atoms with Gasteiger partial charge in [0, 0.05) is 20.2 Å². The molecule has 0 aromatic carbocycles. The van der Waals surface area contributed by atoms with Crippen molar-refractivity contribution in [3.63, 3.8) is 0 Å². The van der Waals surface area contributed by atoms with Crippen LogP contribution < -0.4 is 0 Å². The summed E-state index contributed by atoms with van der Waals surface area (Å²) in [6.45, 7) is 4.90. The molecule has 14 heavy (non-hydrogen) atoms. The Morgan fingerprint density at radius 1 is 1.64 bits per heavy atom. The van der Waals surface area contributed by atoms with Crippen LogP contribution >= 0.6 is 0 Å². The minimum atomic E-state index is -0.407. The molecule has 0 aromatic heterocycles. The van der Waals surface area contributed by atoms with Gasteiger partial charge in [0.2, 0.25) is 0 Å². The average molecular weight is 201 g/mol. The zero-order valence-electron chi connectivity index (χ0n) is 9.06. The largest absolute Gasteiger partial charge is 0.391 e. The Balaban J connectivity index is 2.50. The summed E-state index contributed by atoms with van der Waals surface area (Å²) in [5, 5.41) is 9.62. The highest BCUT2D eigenvalue weighted by atomic mass is 16.5. The Bertz CT molecular complexity index is 208.